The average Bonchev–Trinajstić information content (AvgIpc) is 3.35. The van der Waals surface area contributed by atoms with Crippen LogP contribution in [0.15, 0.2) is 24.3 Å². The SMILES string of the molecule is COCC1CCCN(C(=O)CC2(c3ccccc3C)CC(=O)N(C3CCCC3)C2=O)C1. The first-order valence-electron chi connectivity index (χ1n) is 11.7. The molecule has 1 aromatic carbocycles. The monoisotopic (exact) mass is 426 g/mol. The predicted molar refractivity (Wildman–Crippen MR) is 117 cm³/mol. The minimum atomic E-state index is -1.09. The van der Waals surface area contributed by atoms with Crippen LogP contribution in [0.4, 0.5) is 0 Å². The lowest BCUT2D eigenvalue weighted by Gasteiger charge is -2.36. The van der Waals surface area contributed by atoms with Gasteiger partial charge in [-0.1, -0.05) is 37.1 Å². The smallest absolute Gasteiger partial charge is 0.241 e. The van der Waals surface area contributed by atoms with Gasteiger partial charge >= 0.3 is 0 Å². The van der Waals surface area contributed by atoms with Crippen molar-refractivity contribution in [3.8, 4) is 0 Å². The Kier molecular flexibility index (Phi) is 6.47. The molecule has 2 heterocycles. The van der Waals surface area contributed by atoms with Crippen molar-refractivity contribution in [1.29, 1.82) is 0 Å². The number of ether oxygens (including phenoxy) is 1. The number of hydrogen-bond acceptors (Lipinski definition) is 4. The molecule has 0 N–H and O–H groups in total. The first-order chi connectivity index (χ1) is 15.0. The van der Waals surface area contributed by atoms with E-state index in [0.29, 0.717) is 25.6 Å². The van der Waals surface area contributed by atoms with Crippen molar-refractivity contribution in [3.63, 3.8) is 0 Å². The maximum Gasteiger partial charge on any atom is 0.241 e. The number of aryl methyl sites for hydroxylation is 1. The van der Waals surface area contributed by atoms with Gasteiger partial charge < -0.3 is 9.64 Å². The third-order valence-corrected chi connectivity index (χ3v) is 7.43. The Bertz CT molecular complexity index is 846. The fraction of sp³-hybridized carbons (Fsp3) is 0.640. The highest BCUT2D eigenvalue weighted by molar-refractivity contribution is 6.11. The molecule has 2 atom stereocenters. The van der Waals surface area contributed by atoms with Crippen LogP contribution in [0, 0.1) is 12.8 Å². The molecule has 3 fully saturated rings. The Hall–Kier alpha value is -2.21. The fourth-order valence-corrected chi connectivity index (χ4v) is 5.88. The normalized spacial score (nSPS) is 27.4. The average molecular weight is 427 g/mol. The van der Waals surface area contributed by atoms with Crippen molar-refractivity contribution < 1.29 is 19.1 Å². The summed E-state index contributed by atoms with van der Waals surface area (Å²) < 4.78 is 5.31. The maximum atomic E-state index is 13.9. The van der Waals surface area contributed by atoms with Gasteiger partial charge in [-0.2, -0.15) is 0 Å². The number of piperidine rings is 1. The molecule has 1 aliphatic carbocycles. The van der Waals surface area contributed by atoms with Gasteiger partial charge in [0.15, 0.2) is 0 Å². The van der Waals surface area contributed by atoms with Crippen molar-refractivity contribution in [1.82, 2.24) is 9.80 Å². The highest BCUT2D eigenvalue weighted by Crippen LogP contribution is 2.44. The number of benzene rings is 1. The maximum absolute atomic E-state index is 13.9. The number of carbonyl (C=O) groups is 3. The topological polar surface area (TPSA) is 66.9 Å². The second-order valence-corrected chi connectivity index (χ2v) is 9.56. The van der Waals surface area contributed by atoms with Gasteiger partial charge in [0, 0.05) is 39.1 Å². The molecular formula is C25H34N2O4. The molecule has 3 aliphatic rings. The van der Waals surface area contributed by atoms with Crippen molar-refractivity contribution in [2.75, 3.05) is 26.8 Å². The lowest BCUT2D eigenvalue weighted by atomic mass is 9.73. The van der Waals surface area contributed by atoms with Crippen LogP contribution < -0.4 is 0 Å². The molecule has 0 spiro atoms. The number of imide groups is 1. The Morgan fingerprint density at radius 3 is 2.58 bits per heavy atom. The van der Waals surface area contributed by atoms with E-state index in [4.69, 9.17) is 4.74 Å². The largest absolute Gasteiger partial charge is 0.384 e. The molecule has 31 heavy (non-hydrogen) atoms. The first-order valence-corrected chi connectivity index (χ1v) is 11.7. The summed E-state index contributed by atoms with van der Waals surface area (Å²) in [6.45, 7) is 3.97. The zero-order valence-electron chi connectivity index (χ0n) is 18.8. The third-order valence-electron chi connectivity index (χ3n) is 7.43. The van der Waals surface area contributed by atoms with Gasteiger partial charge in [0.2, 0.25) is 17.7 Å². The van der Waals surface area contributed by atoms with Crippen molar-refractivity contribution in [2.24, 2.45) is 5.92 Å². The van der Waals surface area contributed by atoms with Crippen LogP contribution in [0.5, 0.6) is 0 Å². The van der Waals surface area contributed by atoms with Gasteiger partial charge in [0.05, 0.1) is 12.0 Å². The Morgan fingerprint density at radius 1 is 1.13 bits per heavy atom. The van der Waals surface area contributed by atoms with E-state index < -0.39 is 5.41 Å². The van der Waals surface area contributed by atoms with Crippen LogP contribution in [-0.2, 0) is 24.5 Å². The Labute approximate surface area is 184 Å². The fourth-order valence-electron chi connectivity index (χ4n) is 5.88. The molecule has 1 aromatic rings. The van der Waals surface area contributed by atoms with Crippen LogP contribution in [0.3, 0.4) is 0 Å². The van der Waals surface area contributed by atoms with Crippen LogP contribution in [-0.4, -0.2) is 60.4 Å². The van der Waals surface area contributed by atoms with Crippen LogP contribution in [0.2, 0.25) is 0 Å². The molecule has 4 rings (SSSR count). The van der Waals surface area contributed by atoms with Crippen LogP contribution in [0.1, 0.15) is 62.5 Å². The lowest BCUT2D eigenvalue weighted by Crippen LogP contribution is -2.48. The van der Waals surface area contributed by atoms with Gasteiger partial charge in [0.25, 0.3) is 0 Å². The third kappa shape index (κ3) is 4.14. The number of carbonyl (C=O) groups excluding carboxylic acids is 3. The molecule has 0 radical (unpaired) electrons. The number of rotatable bonds is 6. The molecular weight excluding hydrogens is 392 g/mol. The highest BCUT2D eigenvalue weighted by atomic mass is 16.5. The summed E-state index contributed by atoms with van der Waals surface area (Å²) in [7, 11) is 1.69. The molecule has 6 nitrogen and oxygen atoms in total. The van der Waals surface area contributed by atoms with Gasteiger partial charge in [-0.3, -0.25) is 19.3 Å². The molecule has 2 aliphatic heterocycles. The lowest BCUT2D eigenvalue weighted by molar-refractivity contribution is -0.145. The number of nitrogens with zero attached hydrogens (tertiary/aromatic N) is 2. The van der Waals surface area contributed by atoms with Crippen molar-refractivity contribution >= 4 is 17.7 Å². The summed E-state index contributed by atoms with van der Waals surface area (Å²) >= 11 is 0. The zero-order chi connectivity index (χ0) is 22.0. The van der Waals surface area contributed by atoms with E-state index in [9.17, 15) is 14.4 Å². The summed E-state index contributed by atoms with van der Waals surface area (Å²) in [6, 6.07) is 7.72. The molecule has 6 heteroatoms. The van der Waals surface area contributed by atoms with E-state index in [2.05, 4.69) is 0 Å². The number of methoxy groups -OCH3 is 1. The van der Waals surface area contributed by atoms with E-state index in [-0.39, 0.29) is 36.6 Å². The summed E-state index contributed by atoms with van der Waals surface area (Å²) in [5.74, 6) is 0.00726. The first kappa shape index (κ1) is 22.0. The molecule has 2 saturated heterocycles. The molecule has 0 aromatic heterocycles. The van der Waals surface area contributed by atoms with Gasteiger partial charge in [0.1, 0.15) is 0 Å². The van der Waals surface area contributed by atoms with E-state index in [1.165, 1.54) is 4.90 Å². The molecule has 2 unspecified atom stereocenters. The summed E-state index contributed by atoms with van der Waals surface area (Å²) in [4.78, 5) is 43.9. The molecule has 3 amide bonds. The number of likely N-dealkylation sites (tertiary alicyclic amines) is 2. The van der Waals surface area contributed by atoms with Gasteiger partial charge in [-0.15, -0.1) is 0 Å². The summed E-state index contributed by atoms with van der Waals surface area (Å²) in [5, 5.41) is 0. The van der Waals surface area contributed by atoms with Crippen LogP contribution >= 0.6 is 0 Å². The Balaban J connectivity index is 1.64. The van der Waals surface area contributed by atoms with Crippen LogP contribution in [0.25, 0.3) is 0 Å². The van der Waals surface area contributed by atoms with E-state index >= 15 is 0 Å². The quantitative estimate of drug-likeness (QED) is 0.655. The second kappa shape index (κ2) is 9.11. The summed E-state index contributed by atoms with van der Waals surface area (Å²) in [6.07, 6.45) is 5.99. The Morgan fingerprint density at radius 2 is 1.87 bits per heavy atom. The summed E-state index contributed by atoms with van der Waals surface area (Å²) in [5.41, 5.74) is 0.698. The van der Waals surface area contributed by atoms with E-state index in [0.717, 1.165) is 49.7 Å². The number of hydrogen-bond donors (Lipinski definition) is 0. The van der Waals surface area contributed by atoms with E-state index in [1.54, 1.807) is 7.11 Å². The van der Waals surface area contributed by atoms with Gasteiger partial charge in [-0.25, -0.2) is 0 Å². The second-order valence-electron chi connectivity index (χ2n) is 9.56. The minimum absolute atomic E-state index is 0.0120. The van der Waals surface area contributed by atoms with E-state index in [1.807, 2.05) is 36.1 Å². The van der Waals surface area contributed by atoms with Crippen molar-refractivity contribution in [2.45, 2.75) is 69.7 Å². The standard InChI is InChI=1S/C25H34N2O4/c1-18-8-3-6-12-21(18)25(14-22(28)26-13-7-9-19(16-26)17-31-2)15-23(29)27(24(25)30)20-10-4-5-11-20/h3,6,8,12,19-20H,4-5,7,9-11,13-17H2,1-2H3. The number of amides is 3. The molecule has 0 bridgehead atoms. The molecule has 1 saturated carbocycles. The minimum Gasteiger partial charge on any atom is -0.384 e. The predicted octanol–water partition coefficient (Wildman–Crippen LogP) is 3.21. The van der Waals surface area contributed by atoms with Crippen molar-refractivity contribution in [3.05, 3.63) is 35.4 Å². The molecule has 168 valence electrons. The zero-order valence-corrected chi connectivity index (χ0v) is 18.8. The van der Waals surface area contributed by atoms with Gasteiger partial charge in [-0.05, 0) is 49.7 Å². The highest BCUT2D eigenvalue weighted by Gasteiger charge is 2.56.